The molecule has 1 amide bonds. The van der Waals surface area contributed by atoms with E-state index < -0.39 is 0 Å². The van der Waals surface area contributed by atoms with Crippen LogP contribution in [0.2, 0.25) is 0 Å². The number of hydrogen-bond acceptors (Lipinski definition) is 2. The smallest absolute Gasteiger partial charge is 0.254 e. The van der Waals surface area contributed by atoms with Gasteiger partial charge in [0.25, 0.3) is 5.91 Å². The van der Waals surface area contributed by atoms with Crippen molar-refractivity contribution in [1.29, 1.82) is 0 Å². The number of carbonyl (C=O) groups is 1. The molecule has 118 valence electrons. The molecule has 1 heterocycles. The van der Waals surface area contributed by atoms with E-state index in [4.69, 9.17) is 4.74 Å². The fourth-order valence-electron chi connectivity index (χ4n) is 3.62. The summed E-state index contributed by atoms with van der Waals surface area (Å²) < 4.78 is 6.06. The molecule has 0 spiro atoms. The summed E-state index contributed by atoms with van der Waals surface area (Å²) in [4.78, 5) is 14.0. The summed E-state index contributed by atoms with van der Waals surface area (Å²) >= 11 is 0. The van der Waals surface area contributed by atoms with Gasteiger partial charge >= 0.3 is 0 Å². The average Bonchev–Trinajstić information content (AvgIpc) is 3.04. The van der Waals surface area contributed by atoms with Gasteiger partial charge in [0.05, 0.1) is 0 Å². The van der Waals surface area contributed by atoms with Crippen molar-refractivity contribution in [1.82, 2.24) is 4.90 Å². The normalized spacial score (nSPS) is 16.2. The van der Waals surface area contributed by atoms with E-state index in [0.29, 0.717) is 6.61 Å². The topological polar surface area (TPSA) is 29.5 Å². The van der Waals surface area contributed by atoms with Crippen LogP contribution in [0.4, 0.5) is 0 Å². The van der Waals surface area contributed by atoms with Crippen LogP contribution in [-0.4, -0.2) is 24.4 Å². The molecule has 3 heteroatoms. The second-order valence-electron chi connectivity index (χ2n) is 6.50. The van der Waals surface area contributed by atoms with Crippen molar-refractivity contribution in [3.8, 4) is 5.75 Å². The van der Waals surface area contributed by atoms with Gasteiger partial charge in [-0.2, -0.15) is 0 Å². The molecule has 0 fully saturated rings. The molecule has 2 aromatic carbocycles. The van der Waals surface area contributed by atoms with E-state index in [1.165, 1.54) is 36.0 Å². The molecule has 0 unspecified atom stereocenters. The van der Waals surface area contributed by atoms with Gasteiger partial charge in [0.15, 0.2) is 0 Å². The summed E-state index contributed by atoms with van der Waals surface area (Å²) in [5, 5.41) is 0. The Balaban J connectivity index is 1.55. The number of fused-ring (bicyclic) bond motifs is 2. The van der Waals surface area contributed by atoms with Gasteiger partial charge in [-0.3, -0.25) is 4.79 Å². The van der Waals surface area contributed by atoms with E-state index in [1.807, 2.05) is 25.2 Å². The number of aryl methyl sites for hydroxylation is 2. The largest absolute Gasteiger partial charge is 0.489 e. The average molecular weight is 307 g/mol. The Bertz CT molecular complexity index is 766. The number of benzene rings is 2. The van der Waals surface area contributed by atoms with E-state index in [1.54, 1.807) is 4.90 Å². The highest BCUT2D eigenvalue weighted by Gasteiger charge is 2.24. The standard InChI is InChI=1S/C20H21NO2/c1-21-11-10-17-18(20(21)22)6-3-7-19(17)23-13-14-8-9-15-4-2-5-16(15)12-14/h3,6-9,12H,2,4-5,10-11,13H2,1H3. The zero-order valence-electron chi connectivity index (χ0n) is 13.5. The van der Waals surface area contributed by atoms with E-state index >= 15 is 0 Å². The van der Waals surface area contributed by atoms with Gasteiger partial charge in [-0.1, -0.05) is 24.3 Å². The number of ether oxygens (including phenoxy) is 1. The lowest BCUT2D eigenvalue weighted by molar-refractivity contribution is 0.0779. The van der Waals surface area contributed by atoms with Crippen LogP contribution < -0.4 is 4.74 Å². The number of likely N-dealkylation sites (N-methyl/N-ethyl adjacent to an activating group) is 1. The Morgan fingerprint density at radius 3 is 2.87 bits per heavy atom. The van der Waals surface area contributed by atoms with Gasteiger partial charge in [0.1, 0.15) is 12.4 Å². The summed E-state index contributed by atoms with van der Waals surface area (Å²) in [5.74, 6) is 0.943. The van der Waals surface area contributed by atoms with Crippen LogP contribution in [0.5, 0.6) is 5.75 Å². The van der Waals surface area contributed by atoms with Crippen LogP contribution in [-0.2, 0) is 25.9 Å². The Morgan fingerprint density at radius 2 is 1.96 bits per heavy atom. The summed E-state index contributed by atoms with van der Waals surface area (Å²) in [7, 11) is 1.85. The second-order valence-corrected chi connectivity index (χ2v) is 6.50. The molecular formula is C20H21NO2. The minimum Gasteiger partial charge on any atom is -0.489 e. The third kappa shape index (κ3) is 2.61. The highest BCUT2D eigenvalue weighted by Crippen LogP contribution is 2.29. The van der Waals surface area contributed by atoms with Crippen LogP contribution in [0.1, 0.15) is 39.0 Å². The molecule has 0 saturated heterocycles. The number of hydrogen-bond donors (Lipinski definition) is 0. The molecule has 1 aliphatic carbocycles. The maximum atomic E-state index is 12.2. The molecule has 0 bridgehead atoms. The predicted molar refractivity (Wildman–Crippen MR) is 89.9 cm³/mol. The minimum absolute atomic E-state index is 0.0919. The van der Waals surface area contributed by atoms with Crippen molar-refractivity contribution in [2.75, 3.05) is 13.6 Å². The SMILES string of the molecule is CN1CCc2c(OCc3ccc4c(c3)CCC4)cccc2C1=O. The first kappa shape index (κ1) is 14.3. The van der Waals surface area contributed by atoms with E-state index in [9.17, 15) is 4.79 Å². The van der Waals surface area contributed by atoms with Crippen LogP contribution in [0.15, 0.2) is 36.4 Å². The molecule has 4 rings (SSSR count). The molecule has 2 aliphatic rings. The van der Waals surface area contributed by atoms with E-state index in [-0.39, 0.29) is 5.91 Å². The maximum absolute atomic E-state index is 12.2. The van der Waals surface area contributed by atoms with Crippen LogP contribution in [0.25, 0.3) is 0 Å². The molecule has 0 aromatic heterocycles. The Hall–Kier alpha value is -2.29. The fourth-order valence-corrected chi connectivity index (χ4v) is 3.62. The number of nitrogens with zero attached hydrogens (tertiary/aromatic N) is 1. The van der Waals surface area contributed by atoms with Gasteiger partial charge in [-0.25, -0.2) is 0 Å². The molecule has 1 aliphatic heterocycles. The lowest BCUT2D eigenvalue weighted by Crippen LogP contribution is -2.34. The molecule has 2 aromatic rings. The minimum atomic E-state index is 0.0919. The van der Waals surface area contributed by atoms with Crippen molar-refractivity contribution in [3.05, 3.63) is 64.2 Å². The van der Waals surface area contributed by atoms with Crippen LogP contribution in [0, 0.1) is 0 Å². The Labute approximate surface area is 136 Å². The van der Waals surface area contributed by atoms with E-state index in [0.717, 1.165) is 29.8 Å². The number of amides is 1. The quantitative estimate of drug-likeness (QED) is 0.870. The molecule has 0 saturated carbocycles. The third-order valence-corrected chi connectivity index (χ3v) is 4.96. The van der Waals surface area contributed by atoms with E-state index in [2.05, 4.69) is 18.2 Å². The zero-order valence-corrected chi connectivity index (χ0v) is 13.5. The van der Waals surface area contributed by atoms with Gasteiger partial charge in [0.2, 0.25) is 0 Å². The number of rotatable bonds is 3. The summed E-state index contributed by atoms with van der Waals surface area (Å²) in [5.41, 5.74) is 6.00. The van der Waals surface area contributed by atoms with Crippen molar-refractivity contribution >= 4 is 5.91 Å². The maximum Gasteiger partial charge on any atom is 0.254 e. The predicted octanol–water partition coefficient (Wildman–Crippen LogP) is 3.38. The van der Waals surface area contributed by atoms with Crippen molar-refractivity contribution in [2.45, 2.75) is 32.3 Å². The second kappa shape index (κ2) is 5.73. The molecule has 23 heavy (non-hydrogen) atoms. The first-order valence-electron chi connectivity index (χ1n) is 8.33. The monoisotopic (exact) mass is 307 g/mol. The van der Waals surface area contributed by atoms with Crippen LogP contribution in [0.3, 0.4) is 0 Å². The van der Waals surface area contributed by atoms with Gasteiger partial charge < -0.3 is 9.64 Å². The molecule has 0 radical (unpaired) electrons. The Morgan fingerprint density at radius 1 is 1.09 bits per heavy atom. The molecular weight excluding hydrogens is 286 g/mol. The first-order chi connectivity index (χ1) is 11.2. The first-order valence-corrected chi connectivity index (χ1v) is 8.33. The molecule has 3 nitrogen and oxygen atoms in total. The summed E-state index contributed by atoms with van der Waals surface area (Å²) in [6.07, 6.45) is 4.52. The lowest BCUT2D eigenvalue weighted by Gasteiger charge is -2.26. The number of carbonyl (C=O) groups excluding carboxylic acids is 1. The fraction of sp³-hybridized carbons (Fsp3) is 0.350. The van der Waals surface area contributed by atoms with Crippen LogP contribution >= 0.6 is 0 Å². The van der Waals surface area contributed by atoms with Gasteiger partial charge in [0, 0.05) is 24.7 Å². The van der Waals surface area contributed by atoms with Crippen molar-refractivity contribution in [3.63, 3.8) is 0 Å². The Kier molecular flexibility index (Phi) is 3.56. The lowest BCUT2D eigenvalue weighted by atomic mass is 9.98. The van der Waals surface area contributed by atoms with Gasteiger partial charge in [-0.15, -0.1) is 0 Å². The van der Waals surface area contributed by atoms with Crippen molar-refractivity contribution < 1.29 is 9.53 Å². The molecule has 0 atom stereocenters. The highest BCUT2D eigenvalue weighted by molar-refractivity contribution is 5.97. The van der Waals surface area contributed by atoms with Crippen molar-refractivity contribution in [2.24, 2.45) is 0 Å². The third-order valence-electron chi connectivity index (χ3n) is 4.96. The zero-order chi connectivity index (χ0) is 15.8. The van der Waals surface area contributed by atoms with Gasteiger partial charge in [-0.05, 0) is 54.5 Å². The highest BCUT2D eigenvalue weighted by atomic mass is 16.5. The summed E-state index contributed by atoms with van der Waals surface area (Å²) in [6.45, 7) is 1.32. The molecule has 0 N–H and O–H groups in total. The summed E-state index contributed by atoms with van der Waals surface area (Å²) in [6, 6.07) is 12.5.